The number of hydrogen-bond donors (Lipinski definition) is 2. The number of aromatic carboxylic acids is 1. The van der Waals surface area contributed by atoms with Gasteiger partial charge in [-0.05, 0) is 61.5 Å². The number of carbonyl (C=O) groups is 2. The first-order valence-electron chi connectivity index (χ1n) is 10.9. The van der Waals surface area contributed by atoms with E-state index in [2.05, 4.69) is 9.62 Å². The van der Waals surface area contributed by atoms with Crippen molar-refractivity contribution in [1.29, 1.82) is 0 Å². The smallest absolute Gasteiger partial charge is 0.337 e. The molecule has 3 aromatic rings. The Morgan fingerprint density at radius 1 is 0.886 bits per heavy atom. The number of ketones is 1. The fourth-order valence-electron chi connectivity index (χ4n) is 3.99. The first-order chi connectivity index (χ1) is 16.6. The summed E-state index contributed by atoms with van der Waals surface area (Å²) in [5.74, 6) is -1.66. The van der Waals surface area contributed by atoms with Crippen LogP contribution in [-0.2, 0) is 10.0 Å². The van der Waals surface area contributed by atoms with E-state index in [1.165, 1.54) is 55.5 Å². The van der Waals surface area contributed by atoms with Crippen molar-refractivity contribution in [2.24, 2.45) is 0 Å². The van der Waals surface area contributed by atoms with Crippen LogP contribution in [0.1, 0.15) is 27.6 Å². The van der Waals surface area contributed by atoms with Gasteiger partial charge >= 0.3 is 5.97 Å². The number of nitrogens with zero attached hydrogens (tertiary/aromatic N) is 2. The van der Waals surface area contributed by atoms with E-state index in [1.807, 2.05) is 4.90 Å². The van der Waals surface area contributed by atoms with E-state index in [1.54, 1.807) is 18.2 Å². The minimum absolute atomic E-state index is 0.0210. The topological polar surface area (TPSA) is 107 Å². The summed E-state index contributed by atoms with van der Waals surface area (Å²) in [5, 5.41) is 9.79. The highest BCUT2D eigenvalue weighted by Crippen LogP contribution is 2.28. The largest absolute Gasteiger partial charge is 0.478 e. The highest BCUT2D eigenvalue weighted by Gasteiger charge is 2.23. The van der Waals surface area contributed by atoms with E-state index in [-0.39, 0.29) is 27.7 Å². The molecule has 1 aliphatic rings. The molecule has 0 spiro atoms. The lowest BCUT2D eigenvalue weighted by Crippen LogP contribution is -2.47. The molecule has 0 unspecified atom stereocenters. The highest BCUT2D eigenvalue weighted by molar-refractivity contribution is 7.92. The third-order valence-electron chi connectivity index (χ3n) is 5.86. The van der Waals surface area contributed by atoms with Crippen LogP contribution in [0, 0.1) is 5.82 Å². The van der Waals surface area contributed by atoms with Crippen molar-refractivity contribution in [1.82, 2.24) is 0 Å². The van der Waals surface area contributed by atoms with E-state index < -0.39 is 16.0 Å². The number of nitrogens with one attached hydrogen (secondary N) is 1. The summed E-state index contributed by atoms with van der Waals surface area (Å²) in [7, 11) is -3.98. The lowest BCUT2D eigenvalue weighted by atomic mass is 10.1. The number of piperazine rings is 1. The van der Waals surface area contributed by atoms with Gasteiger partial charge in [-0.1, -0.05) is 12.1 Å². The predicted molar refractivity (Wildman–Crippen MR) is 131 cm³/mol. The maximum absolute atomic E-state index is 13.2. The SMILES string of the molecule is CC(=O)c1ccc(S(=O)(=O)Nc2ccc(N3CCN(c4ccc(F)cc4)CC3)c(C(=O)O)c2)cc1. The van der Waals surface area contributed by atoms with Gasteiger partial charge in [-0.25, -0.2) is 17.6 Å². The molecule has 3 aromatic carbocycles. The van der Waals surface area contributed by atoms with Gasteiger partial charge in [-0.3, -0.25) is 9.52 Å². The molecule has 0 radical (unpaired) electrons. The van der Waals surface area contributed by atoms with Gasteiger partial charge in [0.05, 0.1) is 16.1 Å². The Balaban J connectivity index is 1.50. The van der Waals surface area contributed by atoms with Gasteiger partial charge in [0.15, 0.2) is 5.78 Å². The molecule has 0 aromatic heterocycles. The first kappa shape index (κ1) is 24.2. The third-order valence-corrected chi connectivity index (χ3v) is 7.26. The van der Waals surface area contributed by atoms with Crippen LogP contribution in [-0.4, -0.2) is 51.5 Å². The van der Waals surface area contributed by atoms with Gasteiger partial charge < -0.3 is 14.9 Å². The lowest BCUT2D eigenvalue weighted by Gasteiger charge is -2.38. The molecule has 8 nitrogen and oxygen atoms in total. The van der Waals surface area contributed by atoms with Crippen LogP contribution in [0.2, 0.25) is 0 Å². The number of carbonyl (C=O) groups excluding carboxylic acids is 1. The minimum Gasteiger partial charge on any atom is -0.478 e. The van der Waals surface area contributed by atoms with Crippen molar-refractivity contribution in [3.05, 3.63) is 83.7 Å². The average Bonchev–Trinajstić information content (AvgIpc) is 2.84. The van der Waals surface area contributed by atoms with Gasteiger partial charge in [-0.15, -0.1) is 0 Å². The monoisotopic (exact) mass is 497 g/mol. The van der Waals surface area contributed by atoms with Gasteiger partial charge in [-0.2, -0.15) is 0 Å². The quantitative estimate of drug-likeness (QED) is 0.478. The van der Waals surface area contributed by atoms with Crippen LogP contribution >= 0.6 is 0 Å². The number of sulfonamides is 1. The van der Waals surface area contributed by atoms with E-state index in [4.69, 9.17) is 0 Å². The predicted octanol–water partition coefficient (Wildman–Crippen LogP) is 3.85. The summed E-state index contributed by atoms with van der Waals surface area (Å²) in [4.78, 5) is 27.4. The number of halogens is 1. The highest BCUT2D eigenvalue weighted by atomic mass is 32.2. The molecule has 4 rings (SSSR count). The maximum Gasteiger partial charge on any atom is 0.337 e. The first-order valence-corrected chi connectivity index (χ1v) is 12.4. The molecule has 0 amide bonds. The van der Waals surface area contributed by atoms with Crippen LogP contribution in [0.4, 0.5) is 21.5 Å². The molecular formula is C25H24FN3O5S. The molecule has 0 atom stereocenters. The van der Waals surface area contributed by atoms with Crippen molar-refractivity contribution < 1.29 is 27.5 Å². The fourth-order valence-corrected chi connectivity index (χ4v) is 5.04. The summed E-state index contributed by atoms with van der Waals surface area (Å²) >= 11 is 0. The van der Waals surface area contributed by atoms with Crippen molar-refractivity contribution >= 4 is 38.8 Å². The average molecular weight is 498 g/mol. The third kappa shape index (κ3) is 5.43. The number of hydrogen-bond acceptors (Lipinski definition) is 6. The Bertz CT molecular complexity index is 1350. The number of rotatable bonds is 7. The van der Waals surface area contributed by atoms with Crippen molar-refractivity contribution in [3.8, 4) is 0 Å². The van der Waals surface area contributed by atoms with Gasteiger partial charge in [0.2, 0.25) is 0 Å². The fraction of sp³-hybridized carbons (Fsp3) is 0.200. The van der Waals surface area contributed by atoms with E-state index in [0.717, 1.165) is 5.69 Å². The molecule has 2 N–H and O–H groups in total. The molecule has 1 saturated heterocycles. The van der Waals surface area contributed by atoms with E-state index in [9.17, 15) is 27.5 Å². The molecule has 35 heavy (non-hydrogen) atoms. The molecule has 182 valence electrons. The Hall–Kier alpha value is -3.92. The van der Waals surface area contributed by atoms with Gasteiger partial charge in [0.25, 0.3) is 10.0 Å². The zero-order valence-electron chi connectivity index (χ0n) is 18.9. The van der Waals surface area contributed by atoms with Crippen molar-refractivity contribution in [3.63, 3.8) is 0 Å². The van der Waals surface area contributed by atoms with Crippen LogP contribution in [0.25, 0.3) is 0 Å². The normalized spacial score (nSPS) is 14.0. The lowest BCUT2D eigenvalue weighted by molar-refractivity contribution is 0.0697. The molecule has 0 bridgehead atoms. The van der Waals surface area contributed by atoms with Crippen LogP contribution in [0.5, 0.6) is 0 Å². The Kier molecular flexibility index (Phi) is 6.74. The number of anilines is 3. The molecule has 1 fully saturated rings. The number of Topliss-reactive ketones (excluding diaryl/α,β-unsaturated/α-hetero) is 1. The van der Waals surface area contributed by atoms with Gasteiger partial charge in [0, 0.05) is 43.1 Å². The van der Waals surface area contributed by atoms with Crippen LogP contribution in [0.15, 0.2) is 71.6 Å². The standard InChI is InChI=1S/C25H24FN3O5S/c1-17(30)18-2-9-22(10-3-18)35(33,34)27-20-6-11-24(23(16-20)25(31)32)29-14-12-28(13-15-29)21-7-4-19(26)5-8-21/h2-11,16,27H,12-15H2,1H3,(H,31,32). The second-order valence-corrected chi connectivity index (χ2v) is 9.86. The van der Waals surface area contributed by atoms with E-state index in [0.29, 0.717) is 37.4 Å². The number of carboxylic acids is 1. The van der Waals surface area contributed by atoms with Crippen molar-refractivity contribution in [2.75, 3.05) is 40.7 Å². The Morgan fingerprint density at radius 3 is 2.06 bits per heavy atom. The second-order valence-electron chi connectivity index (χ2n) is 8.17. The summed E-state index contributed by atoms with van der Waals surface area (Å²) < 4.78 is 41.1. The molecule has 1 heterocycles. The van der Waals surface area contributed by atoms with Crippen molar-refractivity contribution in [2.45, 2.75) is 11.8 Å². The van der Waals surface area contributed by atoms with Crippen LogP contribution in [0.3, 0.4) is 0 Å². The Labute approximate surface area is 202 Å². The molecule has 0 saturated carbocycles. The second kappa shape index (κ2) is 9.75. The zero-order valence-corrected chi connectivity index (χ0v) is 19.8. The molecule has 1 aliphatic heterocycles. The maximum atomic E-state index is 13.2. The molecule has 10 heteroatoms. The van der Waals surface area contributed by atoms with E-state index >= 15 is 0 Å². The summed E-state index contributed by atoms with van der Waals surface area (Å²) in [6.07, 6.45) is 0. The summed E-state index contributed by atoms with van der Waals surface area (Å²) in [6, 6.07) is 16.1. The molecular weight excluding hydrogens is 473 g/mol. The number of benzene rings is 3. The Morgan fingerprint density at radius 2 is 1.49 bits per heavy atom. The number of carboxylic acid groups (broad SMARTS) is 1. The zero-order chi connectivity index (χ0) is 25.2. The van der Waals surface area contributed by atoms with Gasteiger partial charge in [0.1, 0.15) is 5.82 Å². The summed E-state index contributed by atoms with van der Waals surface area (Å²) in [5.41, 5.74) is 1.87. The summed E-state index contributed by atoms with van der Waals surface area (Å²) in [6.45, 7) is 3.72. The minimum atomic E-state index is -3.98. The molecule has 0 aliphatic carbocycles. The van der Waals surface area contributed by atoms with Crippen LogP contribution < -0.4 is 14.5 Å².